The fourth-order valence-corrected chi connectivity index (χ4v) is 3.64. The number of nitrogens with zero attached hydrogens (tertiary/aromatic N) is 2. The number of aromatic nitrogens is 2. The third-order valence-electron chi connectivity index (χ3n) is 3.85. The molecule has 3 rings (SSSR count). The number of hydrogen-bond donors (Lipinski definition) is 1. The molecule has 0 spiro atoms. The Kier molecular flexibility index (Phi) is 4.58. The number of fused-ring (bicyclic) bond motifs is 1. The van der Waals surface area contributed by atoms with Gasteiger partial charge in [0.2, 0.25) is 0 Å². The number of ether oxygens (including phenoxy) is 1. The van der Waals surface area contributed by atoms with E-state index in [2.05, 4.69) is 26.1 Å². The molecule has 0 fully saturated rings. The van der Waals surface area contributed by atoms with Crippen LogP contribution in [0, 0.1) is 0 Å². The molecule has 24 heavy (non-hydrogen) atoms. The minimum absolute atomic E-state index is 0.163. The van der Waals surface area contributed by atoms with Crippen molar-refractivity contribution in [3.63, 3.8) is 0 Å². The predicted molar refractivity (Wildman–Crippen MR) is 97.4 cm³/mol. The summed E-state index contributed by atoms with van der Waals surface area (Å²) in [4.78, 5) is 12.6. The van der Waals surface area contributed by atoms with Gasteiger partial charge in [-0.25, -0.2) is 4.68 Å². The van der Waals surface area contributed by atoms with Crippen LogP contribution in [0.4, 0.5) is 5.82 Å². The molecular weight excluding hydrogens is 322 g/mol. The Bertz CT molecular complexity index is 735. The molecule has 1 amide bonds. The van der Waals surface area contributed by atoms with E-state index in [1.165, 1.54) is 0 Å². The van der Waals surface area contributed by atoms with E-state index >= 15 is 0 Å². The maximum Gasteiger partial charge on any atom is 0.266 e. The Hall–Kier alpha value is -1.95. The molecule has 0 unspecified atom stereocenters. The van der Waals surface area contributed by atoms with Crippen LogP contribution in [0.25, 0.3) is 0 Å². The first-order valence-electron chi connectivity index (χ1n) is 8.08. The molecule has 2 heterocycles. The quantitative estimate of drug-likeness (QED) is 0.916. The first-order chi connectivity index (χ1) is 11.4. The van der Waals surface area contributed by atoms with E-state index in [1.54, 1.807) is 6.92 Å². The molecule has 1 N–H and O–H groups in total. The van der Waals surface area contributed by atoms with Gasteiger partial charge in [0, 0.05) is 17.1 Å². The van der Waals surface area contributed by atoms with E-state index in [0.717, 1.165) is 28.6 Å². The highest BCUT2D eigenvalue weighted by atomic mass is 32.2. The van der Waals surface area contributed by atoms with E-state index in [9.17, 15) is 4.79 Å². The van der Waals surface area contributed by atoms with E-state index in [4.69, 9.17) is 9.84 Å². The molecule has 1 aliphatic rings. The molecule has 6 heteroatoms. The van der Waals surface area contributed by atoms with Gasteiger partial charge in [0.25, 0.3) is 5.91 Å². The highest BCUT2D eigenvalue weighted by Crippen LogP contribution is 2.37. The molecule has 5 nitrogen and oxygen atoms in total. The van der Waals surface area contributed by atoms with Crippen LogP contribution < -0.4 is 10.1 Å². The molecule has 0 bridgehead atoms. The lowest BCUT2D eigenvalue weighted by atomic mass is 10.1. The topological polar surface area (TPSA) is 56.1 Å². The molecule has 0 aliphatic carbocycles. The lowest BCUT2D eigenvalue weighted by molar-refractivity contribution is -0.122. The number of nitrogens with one attached hydrogen (secondary N) is 1. The largest absolute Gasteiger partial charge is 0.481 e. The highest BCUT2D eigenvalue weighted by molar-refractivity contribution is 7.98. The molecule has 1 aromatic carbocycles. The maximum atomic E-state index is 12.6. The van der Waals surface area contributed by atoms with E-state index in [1.807, 2.05) is 46.8 Å². The van der Waals surface area contributed by atoms with Crippen molar-refractivity contribution in [2.75, 3.05) is 5.32 Å². The summed E-state index contributed by atoms with van der Waals surface area (Å²) < 4.78 is 7.64. The van der Waals surface area contributed by atoms with E-state index in [0.29, 0.717) is 5.75 Å². The van der Waals surface area contributed by atoms with Crippen LogP contribution in [0.1, 0.15) is 39.0 Å². The third kappa shape index (κ3) is 3.43. The summed E-state index contributed by atoms with van der Waals surface area (Å²) in [6.45, 7) is 8.01. The van der Waals surface area contributed by atoms with Crippen molar-refractivity contribution in [3.8, 4) is 5.75 Å². The Morgan fingerprint density at radius 2 is 2.00 bits per heavy atom. The molecule has 0 saturated carbocycles. The Morgan fingerprint density at radius 3 is 2.67 bits per heavy atom. The molecule has 1 aliphatic heterocycles. The van der Waals surface area contributed by atoms with Crippen LogP contribution in [0.3, 0.4) is 0 Å². The summed E-state index contributed by atoms with van der Waals surface area (Å²) in [7, 11) is 0. The van der Waals surface area contributed by atoms with Crippen molar-refractivity contribution < 1.29 is 9.53 Å². The standard InChI is InChI=1S/C18H23N3O2S/c1-12(23-13-8-6-5-7-9-13)17(22)19-16-14-10-24-11-15(14)20-21(16)18(2,3)4/h5-9,12H,10-11H2,1-4H3,(H,19,22)/t12-/m1/s1. The summed E-state index contributed by atoms with van der Waals surface area (Å²) in [5, 5.41) is 7.74. The number of anilines is 1. The van der Waals surface area contributed by atoms with Crippen molar-refractivity contribution in [3.05, 3.63) is 41.6 Å². The Balaban J connectivity index is 1.79. The number of para-hydroxylation sites is 1. The Morgan fingerprint density at radius 1 is 1.29 bits per heavy atom. The van der Waals surface area contributed by atoms with Crippen LogP contribution in [0.5, 0.6) is 5.75 Å². The fourth-order valence-electron chi connectivity index (χ4n) is 2.60. The van der Waals surface area contributed by atoms with Crippen molar-refractivity contribution in [1.82, 2.24) is 9.78 Å². The SMILES string of the molecule is C[C@@H](Oc1ccccc1)C(=O)Nc1c2c(nn1C(C)(C)C)CSC2. The van der Waals surface area contributed by atoms with Gasteiger partial charge in [0.05, 0.1) is 11.2 Å². The van der Waals surface area contributed by atoms with Crippen LogP contribution in [0.15, 0.2) is 30.3 Å². The van der Waals surface area contributed by atoms with Crippen LogP contribution in [-0.4, -0.2) is 21.8 Å². The average molecular weight is 345 g/mol. The third-order valence-corrected chi connectivity index (χ3v) is 4.82. The summed E-state index contributed by atoms with van der Waals surface area (Å²) in [5.74, 6) is 3.11. The van der Waals surface area contributed by atoms with E-state index < -0.39 is 6.10 Å². The number of carbonyl (C=O) groups is 1. The number of hydrogen-bond acceptors (Lipinski definition) is 4. The predicted octanol–water partition coefficient (Wildman–Crippen LogP) is 3.79. The number of thioether (sulfide) groups is 1. The molecule has 2 aromatic rings. The van der Waals surface area contributed by atoms with Gasteiger partial charge in [0.15, 0.2) is 6.10 Å². The smallest absolute Gasteiger partial charge is 0.266 e. The monoisotopic (exact) mass is 345 g/mol. The maximum absolute atomic E-state index is 12.6. The zero-order valence-corrected chi connectivity index (χ0v) is 15.3. The minimum Gasteiger partial charge on any atom is -0.481 e. The molecule has 0 saturated heterocycles. The van der Waals surface area contributed by atoms with Gasteiger partial charge in [0.1, 0.15) is 11.6 Å². The fraction of sp³-hybridized carbons (Fsp3) is 0.444. The van der Waals surface area contributed by atoms with Gasteiger partial charge < -0.3 is 10.1 Å². The van der Waals surface area contributed by atoms with Crippen LogP contribution in [0.2, 0.25) is 0 Å². The number of amides is 1. The second-order valence-corrected chi connectivity index (χ2v) is 7.90. The second-order valence-electron chi connectivity index (χ2n) is 6.91. The normalized spacial score (nSPS) is 15.0. The zero-order valence-electron chi connectivity index (χ0n) is 14.5. The van der Waals surface area contributed by atoms with Gasteiger partial charge in [-0.3, -0.25) is 4.79 Å². The van der Waals surface area contributed by atoms with Gasteiger partial charge >= 0.3 is 0 Å². The minimum atomic E-state index is -0.583. The second kappa shape index (κ2) is 6.51. The van der Waals surface area contributed by atoms with Crippen molar-refractivity contribution >= 4 is 23.5 Å². The number of carbonyl (C=O) groups excluding carboxylic acids is 1. The first kappa shape index (κ1) is 16.9. The summed E-state index contributed by atoms with van der Waals surface area (Å²) >= 11 is 1.82. The van der Waals surface area contributed by atoms with Crippen LogP contribution >= 0.6 is 11.8 Å². The molecule has 128 valence electrons. The number of rotatable bonds is 4. The van der Waals surface area contributed by atoms with Crippen molar-refractivity contribution in [2.24, 2.45) is 0 Å². The summed E-state index contributed by atoms with van der Waals surface area (Å²) in [6, 6.07) is 9.38. The Labute approximate surface area is 146 Å². The van der Waals surface area contributed by atoms with E-state index in [-0.39, 0.29) is 11.4 Å². The van der Waals surface area contributed by atoms with Gasteiger partial charge in [-0.1, -0.05) is 18.2 Å². The number of benzene rings is 1. The van der Waals surface area contributed by atoms with Gasteiger partial charge in [-0.2, -0.15) is 16.9 Å². The van der Waals surface area contributed by atoms with Gasteiger partial charge in [-0.15, -0.1) is 0 Å². The average Bonchev–Trinajstić information content (AvgIpc) is 3.10. The summed E-state index contributed by atoms with van der Waals surface area (Å²) in [6.07, 6.45) is -0.583. The molecule has 1 aromatic heterocycles. The molecular formula is C18H23N3O2S. The highest BCUT2D eigenvalue weighted by Gasteiger charge is 2.29. The molecule has 0 radical (unpaired) electrons. The van der Waals surface area contributed by atoms with Crippen LogP contribution in [-0.2, 0) is 21.8 Å². The molecule has 1 atom stereocenters. The van der Waals surface area contributed by atoms with Crippen molar-refractivity contribution in [1.29, 1.82) is 0 Å². The first-order valence-corrected chi connectivity index (χ1v) is 9.23. The summed E-state index contributed by atoms with van der Waals surface area (Å²) in [5.41, 5.74) is 2.01. The lowest BCUT2D eigenvalue weighted by Gasteiger charge is -2.24. The van der Waals surface area contributed by atoms with Crippen molar-refractivity contribution in [2.45, 2.75) is 50.8 Å². The lowest BCUT2D eigenvalue weighted by Crippen LogP contribution is -2.33. The van der Waals surface area contributed by atoms with Gasteiger partial charge in [-0.05, 0) is 39.8 Å². The zero-order chi connectivity index (χ0) is 17.3.